The van der Waals surface area contributed by atoms with Crippen LogP contribution in [0, 0.1) is 0 Å². The van der Waals surface area contributed by atoms with Crippen molar-refractivity contribution in [3.8, 4) is 0 Å². The van der Waals surface area contributed by atoms with Gasteiger partial charge in [0.05, 0.1) is 0 Å². The van der Waals surface area contributed by atoms with E-state index >= 15 is 0 Å². The van der Waals surface area contributed by atoms with Gasteiger partial charge in [0.15, 0.2) is 6.61 Å². The highest BCUT2D eigenvalue weighted by Crippen LogP contribution is 2.07. The molecule has 1 saturated heterocycles. The first kappa shape index (κ1) is 8.23. The number of carbonyl (C=O) groups is 1. The van der Waals surface area contributed by atoms with Gasteiger partial charge in [-0.15, -0.1) is 0 Å². The van der Waals surface area contributed by atoms with Crippen LogP contribution < -0.4 is 0 Å². The molecule has 11 heavy (non-hydrogen) atoms. The Hall–Kier alpha value is -0.870. The summed E-state index contributed by atoms with van der Waals surface area (Å²) >= 11 is 0. The maximum absolute atomic E-state index is 11.5. The SMILES string of the molecule is O=C(OCC(F)F)N1CCC1. The fraction of sp³-hybridized carbons (Fsp3) is 0.833. The van der Waals surface area contributed by atoms with Crippen LogP contribution in [0.4, 0.5) is 13.6 Å². The van der Waals surface area contributed by atoms with E-state index in [-0.39, 0.29) is 0 Å². The minimum atomic E-state index is -2.57. The van der Waals surface area contributed by atoms with Crippen molar-refractivity contribution in [3.63, 3.8) is 0 Å². The molecule has 0 aliphatic carbocycles. The normalized spacial score (nSPS) is 16.5. The van der Waals surface area contributed by atoms with Crippen molar-refractivity contribution in [2.75, 3.05) is 19.7 Å². The van der Waals surface area contributed by atoms with Gasteiger partial charge in [0, 0.05) is 13.1 Å². The van der Waals surface area contributed by atoms with Crippen LogP contribution in [0.3, 0.4) is 0 Å². The first-order valence-electron chi connectivity index (χ1n) is 3.40. The number of alkyl halides is 2. The van der Waals surface area contributed by atoms with Gasteiger partial charge in [-0.1, -0.05) is 0 Å². The first-order valence-corrected chi connectivity index (χ1v) is 3.40. The van der Waals surface area contributed by atoms with Gasteiger partial charge in [0.25, 0.3) is 6.43 Å². The topological polar surface area (TPSA) is 29.5 Å². The molecule has 0 aromatic carbocycles. The summed E-state index contributed by atoms with van der Waals surface area (Å²) in [5.74, 6) is 0. The highest BCUT2D eigenvalue weighted by atomic mass is 19.3. The molecule has 0 atom stereocenters. The number of rotatable bonds is 2. The van der Waals surface area contributed by atoms with Crippen LogP contribution in [-0.2, 0) is 4.74 Å². The largest absolute Gasteiger partial charge is 0.443 e. The molecule has 0 aromatic heterocycles. The van der Waals surface area contributed by atoms with E-state index in [4.69, 9.17) is 0 Å². The Kier molecular flexibility index (Phi) is 2.62. The number of hydrogen-bond acceptors (Lipinski definition) is 2. The zero-order valence-electron chi connectivity index (χ0n) is 5.93. The number of nitrogens with zero attached hydrogens (tertiary/aromatic N) is 1. The number of ether oxygens (including phenoxy) is 1. The van der Waals surface area contributed by atoms with Gasteiger partial charge in [-0.05, 0) is 6.42 Å². The third-order valence-corrected chi connectivity index (χ3v) is 1.45. The third-order valence-electron chi connectivity index (χ3n) is 1.45. The number of amides is 1. The lowest BCUT2D eigenvalue weighted by atomic mass is 10.2. The van der Waals surface area contributed by atoms with Gasteiger partial charge >= 0.3 is 6.09 Å². The molecule has 1 heterocycles. The van der Waals surface area contributed by atoms with Gasteiger partial charge in [0.1, 0.15) is 0 Å². The summed E-state index contributed by atoms with van der Waals surface area (Å²) in [5, 5.41) is 0. The predicted octanol–water partition coefficient (Wildman–Crippen LogP) is 1.09. The maximum atomic E-state index is 11.5. The number of halogens is 2. The third kappa shape index (κ3) is 2.32. The van der Waals surface area contributed by atoms with Crippen molar-refractivity contribution in [1.82, 2.24) is 4.90 Å². The summed E-state index contributed by atoms with van der Waals surface area (Å²) in [7, 11) is 0. The second kappa shape index (κ2) is 3.50. The fourth-order valence-corrected chi connectivity index (χ4v) is 0.724. The zero-order valence-corrected chi connectivity index (χ0v) is 5.93. The molecule has 64 valence electrons. The lowest BCUT2D eigenvalue weighted by Crippen LogP contribution is -2.42. The highest BCUT2D eigenvalue weighted by Gasteiger charge is 2.22. The molecule has 0 bridgehead atoms. The molecule has 0 spiro atoms. The zero-order chi connectivity index (χ0) is 8.27. The average molecular weight is 165 g/mol. The van der Waals surface area contributed by atoms with E-state index in [9.17, 15) is 13.6 Å². The second-order valence-electron chi connectivity index (χ2n) is 2.31. The Balaban J connectivity index is 2.10. The Morgan fingerprint density at radius 1 is 1.55 bits per heavy atom. The lowest BCUT2D eigenvalue weighted by molar-refractivity contribution is 0.0231. The van der Waals surface area contributed by atoms with Crippen LogP contribution in [0.1, 0.15) is 6.42 Å². The monoisotopic (exact) mass is 165 g/mol. The molecule has 0 N–H and O–H groups in total. The van der Waals surface area contributed by atoms with Crippen molar-refractivity contribution in [2.45, 2.75) is 12.8 Å². The van der Waals surface area contributed by atoms with Crippen molar-refractivity contribution >= 4 is 6.09 Å². The number of carbonyl (C=O) groups excluding carboxylic acids is 1. The molecule has 5 heteroatoms. The smallest absolute Gasteiger partial charge is 0.409 e. The van der Waals surface area contributed by atoms with Crippen LogP contribution in [-0.4, -0.2) is 37.1 Å². The van der Waals surface area contributed by atoms with Crippen LogP contribution in [0.25, 0.3) is 0 Å². The molecule has 0 saturated carbocycles. The molecule has 1 rings (SSSR count). The highest BCUT2D eigenvalue weighted by molar-refractivity contribution is 5.68. The molecule has 1 aliphatic rings. The molecular formula is C6H9F2NO2. The number of likely N-dealkylation sites (tertiary alicyclic amines) is 1. The summed E-state index contributed by atoms with van der Waals surface area (Å²) in [6.45, 7) is 0.458. The Morgan fingerprint density at radius 2 is 2.18 bits per heavy atom. The fourth-order valence-electron chi connectivity index (χ4n) is 0.724. The summed E-state index contributed by atoms with van der Waals surface area (Å²) in [5.41, 5.74) is 0. The van der Waals surface area contributed by atoms with E-state index in [2.05, 4.69) is 4.74 Å². The van der Waals surface area contributed by atoms with E-state index in [1.54, 1.807) is 0 Å². The van der Waals surface area contributed by atoms with E-state index in [1.807, 2.05) is 0 Å². The predicted molar refractivity (Wildman–Crippen MR) is 33.5 cm³/mol. The molecule has 0 unspecified atom stereocenters. The maximum Gasteiger partial charge on any atom is 0.409 e. The molecule has 1 amide bonds. The van der Waals surface area contributed by atoms with Crippen LogP contribution in [0.5, 0.6) is 0 Å². The summed E-state index contributed by atoms with van der Waals surface area (Å²) in [4.78, 5) is 12.1. The second-order valence-corrected chi connectivity index (χ2v) is 2.31. The van der Waals surface area contributed by atoms with Crippen molar-refractivity contribution in [3.05, 3.63) is 0 Å². The minimum Gasteiger partial charge on any atom is -0.443 e. The van der Waals surface area contributed by atoms with Crippen molar-refractivity contribution in [1.29, 1.82) is 0 Å². The number of hydrogen-bond donors (Lipinski definition) is 0. The minimum absolute atomic E-state index is 0.627. The van der Waals surface area contributed by atoms with E-state index in [0.29, 0.717) is 13.1 Å². The molecule has 1 aliphatic heterocycles. The van der Waals surface area contributed by atoms with Crippen LogP contribution in [0.2, 0.25) is 0 Å². The van der Waals surface area contributed by atoms with Gasteiger partial charge in [-0.2, -0.15) is 0 Å². The van der Waals surface area contributed by atoms with E-state index in [1.165, 1.54) is 4.90 Å². The summed E-state index contributed by atoms with van der Waals surface area (Å²) in [6, 6.07) is 0. The van der Waals surface area contributed by atoms with Crippen molar-refractivity contribution in [2.24, 2.45) is 0 Å². The van der Waals surface area contributed by atoms with E-state index in [0.717, 1.165) is 6.42 Å². The van der Waals surface area contributed by atoms with Crippen LogP contribution in [0.15, 0.2) is 0 Å². The molecule has 1 fully saturated rings. The average Bonchev–Trinajstić information content (AvgIpc) is 1.79. The van der Waals surface area contributed by atoms with Gasteiger partial charge in [0.2, 0.25) is 0 Å². The Morgan fingerprint density at radius 3 is 2.55 bits per heavy atom. The molecule has 0 aromatic rings. The first-order chi connectivity index (χ1) is 5.20. The Labute approximate surface area is 62.9 Å². The van der Waals surface area contributed by atoms with Gasteiger partial charge in [-0.25, -0.2) is 13.6 Å². The standard InChI is InChI=1S/C6H9F2NO2/c7-5(8)4-11-6(10)9-2-1-3-9/h5H,1-4H2. The molecule has 0 radical (unpaired) electrons. The summed E-state index contributed by atoms with van der Waals surface area (Å²) < 4.78 is 27.2. The van der Waals surface area contributed by atoms with E-state index < -0.39 is 19.1 Å². The molecule has 3 nitrogen and oxygen atoms in total. The molecular weight excluding hydrogens is 156 g/mol. The Bertz CT molecular complexity index is 148. The van der Waals surface area contributed by atoms with Gasteiger partial charge < -0.3 is 9.64 Å². The van der Waals surface area contributed by atoms with Crippen LogP contribution >= 0.6 is 0 Å². The summed E-state index contributed by atoms with van der Waals surface area (Å²) in [6.07, 6.45) is -2.26. The lowest BCUT2D eigenvalue weighted by Gasteiger charge is -2.29. The van der Waals surface area contributed by atoms with Gasteiger partial charge in [-0.3, -0.25) is 0 Å². The quantitative estimate of drug-likeness (QED) is 0.613. The van der Waals surface area contributed by atoms with Crippen molar-refractivity contribution < 1.29 is 18.3 Å².